The molecule has 13 heavy (non-hydrogen) atoms. The van der Waals surface area contributed by atoms with Gasteiger partial charge >= 0.3 is 0 Å². The molecule has 0 aromatic heterocycles. The number of nitriles is 1. The Bertz CT molecular complexity index is 328. The van der Waals surface area contributed by atoms with Crippen LogP contribution >= 0.6 is 11.8 Å². The molecule has 1 aromatic rings. The first kappa shape index (κ1) is 10.1. The fraction of sp³-hybridized carbons (Fsp3) is 0.300. The number of thioether (sulfide) groups is 1. The first-order chi connectivity index (χ1) is 6.27. The predicted octanol–water partition coefficient (Wildman–Crippen LogP) is 1.92. The van der Waals surface area contributed by atoms with Crippen LogP contribution in [0.1, 0.15) is 11.1 Å². The van der Waals surface area contributed by atoms with Crippen LogP contribution in [0.4, 0.5) is 0 Å². The molecular formula is C10H12N2S. The fourth-order valence-corrected chi connectivity index (χ4v) is 1.89. The molecule has 3 heteroatoms. The third-order valence-electron chi connectivity index (χ3n) is 1.63. The maximum atomic E-state index is 8.81. The summed E-state index contributed by atoms with van der Waals surface area (Å²) in [5, 5.41) is 8.81. The lowest BCUT2D eigenvalue weighted by molar-refractivity contribution is 1.15. The minimum absolute atomic E-state index is 0.642. The van der Waals surface area contributed by atoms with Crippen molar-refractivity contribution in [3.8, 4) is 6.07 Å². The molecule has 0 unspecified atom stereocenters. The monoisotopic (exact) mass is 192 g/mol. The number of nitrogens with zero attached hydrogens (tertiary/aromatic N) is 1. The van der Waals surface area contributed by atoms with Gasteiger partial charge in [0.25, 0.3) is 0 Å². The van der Waals surface area contributed by atoms with E-state index in [0.29, 0.717) is 6.54 Å². The molecule has 0 saturated carbocycles. The Labute approximate surface area is 82.7 Å². The molecule has 0 spiro atoms. The number of hydrogen-bond acceptors (Lipinski definition) is 3. The molecule has 0 aliphatic heterocycles. The topological polar surface area (TPSA) is 49.8 Å². The van der Waals surface area contributed by atoms with Gasteiger partial charge in [-0.25, -0.2) is 0 Å². The third-order valence-corrected chi connectivity index (χ3v) is 2.72. The minimum atomic E-state index is 0.642. The number of benzene rings is 1. The lowest BCUT2D eigenvalue weighted by atomic mass is 10.2. The highest BCUT2D eigenvalue weighted by atomic mass is 32.2. The largest absolute Gasteiger partial charge is 0.330 e. The molecule has 1 rings (SSSR count). The van der Waals surface area contributed by atoms with E-state index in [1.165, 1.54) is 5.56 Å². The van der Waals surface area contributed by atoms with Crippen molar-refractivity contribution < 1.29 is 0 Å². The Hall–Kier alpha value is -0.980. The summed E-state index contributed by atoms with van der Waals surface area (Å²) >= 11 is 1.64. The van der Waals surface area contributed by atoms with Crippen molar-refractivity contribution in [3.63, 3.8) is 0 Å². The second-order valence-electron chi connectivity index (χ2n) is 2.75. The van der Waals surface area contributed by atoms with Crippen molar-refractivity contribution in [1.29, 1.82) is 5.26 Å². The van der Waals surface area contributed by atoms with E-state index in [4.69, 9.17) is 11.0 Å². The van der Waals surface area contributed by atoms with Crippen molar-refractivity contribution in [2.45, 2.75) is 11.8 Å². The van der Waals surface area contributed by atoms with Crippen molar-refractivity contribution in [2.75, 3.05) is 12.3 Å². The van der Waals surface area contributed by atoms with E-state index < -0.39 is 0 Å². The summed E-state index contributed by atoms with van der Waals surface area (Å²) in [6, 6.07) is 8.00. The SMILES string of the molecule is Cc1ccc(C#N)c(SCCN)c1. The molecule has 0 atom stereocenters. The van der Waals surface area contributed by atoms with Crippen LogP contribution in [0.25, 0.3) is 0 Å². The van der Waals surface area contributed by atoms with Crippen LogP contribution in [0.2, 0.25) is 0 Å². The van der Waals surface area contributed by atoms with E-state index in [-0.39, 0.29) is 0 Å². The van der Waals surface area contributed by atoms with Crippen molar-refractivity contribution >= 4 is 11.8 Å². The average molecular weight is 192 g/mol. The Kier molecular flexibility index (Phi) is 3.81. The summed E-state index contributed by atoms with van der Waals surface area (Å²) in [5.74, 6) is 0.859. The molecule has 0 amide bonds. The van der Waals surface area contributed by atoms with Gasteiger partial charge in [0.15, 0.2) is 0 Å². The molecule has 2 N–H and O–H groups in total. The standard InChI is InChI=1S/C10H12N2S/c1-8-2-3-9(7-12)10(6-8)13-5-4-11/h2-3,6H,4-5,11H2,1H3. The van der Waals surface area contributed by atoms with Crippen molar-refractivity contribution in [1.82, 2.24) is 0 Å². The molecule has 0 aliphatic rings. The fourth-order valence-electron chi connectivity index (χ4n) is 1.01. The predicted molar refractivity (Wildman–Crippen MR) is 55.7 cm³/mol. The lowest BCUT2D eigenvalue weighted by Crippen LogP contribution is -2.01. The van der Waals surface area contributed by atoms with Gasteiger partial charge < -0.3 is 5.73 Å². The van der Waals surface area contributed by atoms with Gasteiger partial charge in [-0.15, -0.1) is 11.8 Å². The maximum Gasteiger partial charge on any atom is 0.100 e. The van der Waals surface area contributed by atoms with Gasteiger partial charge in [-0.3, -0.25) is 0 Å². The number of hydrogen-bond donors (Lipinski definition) is 1. The highest BCUT2D eigenvalue weighted by Gasteiger charge is 2.01. The van der Waals surface area contributed by atoms with Crippen LogP contribution in [0, 0.1) is 18.3 Å². The summed E-state index contributed by atoms with van der Waals surface area (Å²) in [7, 11) is 0. The Morgan fingerprint density at radius 1 is 1.54 bits per heavy atom. The smallest absolute Gasteiger partial charge is 0.100 e. The van der Waals surface area contributed by atoms with E-state index in [1.807, 2.05) is 25.1 Å². The Morgan fingerprint density at radius 3 is 2.92 bits per heavy atom. The van der Waals surface area contributed by atoms with Crippen LogP contribution in [0.5, 0.6) is 0 Å². The number of nitrogens with two attached hydrogens (primary N) is 1. The molecule has 0 radical (unpaired) electrons. The van der Waals surface area contributed by atoms with E-state index in [9.17, 15) is 0 Å². The van der Waals surface area contributed by atoms with Gasteiger partial charge in [0.2, 0.25) is 0 Å². The van der Waals surface area contributed by atoms with Gasteiger partial charge in [-0.2, -0.15) is 5.26 Å². The van der Waals surface area contributed by atoms with Crippen molar-refractivity contribution in [2.24, 2.45) is 5.73 Å². The van der Waals surface area contributed by atoms with Crippen LogP contribution < -0.4 is 5.73 Å². The molecule has 0 heterocycles. The second-order valence-corrected chi connectivity index (χ2v) is 3.89. The average Bonchev–Trinajstić information content (AvgIpc) is 2.15. The van der Waals surface area contributed by atoms with Crippen molar-refractivity contribution in [3.05, 3.63) is 29.3 Å². The lowest BCUT2D eigenvalue weighted by Gasteiger charge is -2.03. The van der Waals surface area contributed by atoms with Crippen LogP contribution in [-0.4, -0.2) is 12.3 Å². The maximum absolute atomic E-state index is 8.81. The molecule has 0 saturated heterocycles. The molecule has 0 bridgehead atoms. The Balaban J connectivity index is 2.89. The van der Waals surface area contributed by atoms with E-state index in [0.717, 1.165) is 16.2 Å². The molecule has 0 fully saturated rings. The zero-order chi connectivity index (χ0) is 9.68. The number of rotatable bonds is 3. The third kappa shape index (κ3) is 2.76. The van der Waals surface area contributed by atoms with Gasteiger partial charge in [0.05, 0.1) is 5.56 Å². The van der Waals surface area contributed by atoms with Gasteiger partial charge in [-0.1, -0.05) is 6.07 Å². The van der Waals surface area contributed by atoms with Crippen LogP contribution in [0.15, 0.2) is 23.1 Å². The minimum Gasteiger partial charge on any atom is -0.330 e. The zero-order valence-electron chi connectivity index (χ0n) is 7.58. The summed E-state index contributed by atoms with van der Waals surface area (Å²) in [6.45, 7) is 2.66. The highest BCUT2D eigenvalue weighted by Crippen LogP contribution is 2.22. The van der Waals surface area contributed by atoms with E-state index in [1.54, 1.807) is 11.8 Å². The van der Waals surface area contributed by atoms with Gasteiger partial charge in [-0.05, 0) is 24.6 Å². The highest BCUT2D eigenvalue weighted by molar-refractivity contribution is 7.99. The first-order valence-electron chi connectivity index (χ1n) is 4.11. The normalized spacial score (nSPS) is 9.62. The molecular weight excluding hydrogens is 180 g/mol. The first-order valence-corrected chi connectivity index (χ1v) is 5.10. The molecule has 2 nitrogen and oxygen atoms in total. The molecule has 0 aliphatic carbocycles. The summed E-state index contributed by atoms with van der Waals surface area (Å²) in [6.07, 6.45) is 0. The van der Waals surface area contributed by atoms with Crippen LogP contribution in [0.3, 0.4) is 0 Å². The van der Waals surface area contributed by atoms with Gasteiger partial charge in [0, 0.05) is 17.2 Å². The second kappa shape index (κ2) is 4.90. The summed E-state index contributed by atoms with van der Waals surface area (Å²) < 4.78 is 0. The molecule has 68 valence electrons. The summed E-state index contributed by atoms with van der Waals surface area (Å²) in [5.41, 5.74) is 7.32. The summed E-state index contributed by atoms with van der Waals surface area (Å²) in [4.78, 5) is 1.04. The number of aryl methyl sites for hydroxylation is 1. The quantitative estimate of drug-likeness (QED) is 0.744. The van der Waals surface area contributed by atoms with E-state index in [2.05, 4.69) is 6.07 Å². The van der Waals surface area contributed by atoms with Crippen LogP contribution in [-0.2, 0) is 0 Å². The zero-order valence-corrected chi connectivity index (χ0v) is 8.40. The van der Waals surface area contributed by atoms with Gasteiger partial charge in [0.1, 0.15) is 6.07 Å². The molecule has 1 aromatic carbocycles. The van der Waals surface area contributed by atoms with E-state index >= 15 is 0 Å². The Morgan fingerprint density at radius 2 is 2.31 bits per heavy atom.